The van der Waals surface area contributed by atoms with Crippen LogP contribution in [0.3, 0.4) is 0 Å². The highest BCUT2D eigenvalue weighted by molar-refractivity contribution is 7.80. The average molecular weight is 323 g/mol. The zero-order valence-corrected chi connectivity index (χ0v) is 12.1. The zero-order chi connectivity index (χ0) is 14.8. The molecule has 110 valence electrons. The van der Waals surface area contributed by atoms with Crippen molar-refractivity contribution < 1.29 is 13.2 Å². The summed E-state index contributed by atoms with van der Waals surface area (Å²) in [5, 5.41) is 6.20. The lowest BCUT2D eigenvalue weighted by Gasteiger charge is -2.17. The van der Waals surface area contributed by atoms with Gasteiger partial charge in [-0.1, -0.05) is 24.4 Å². The van der Waals surface area contributed by atoms with Gasteiger partial charge in [-0.25, -0.2) is 0 Å². The number of thiocarbonyl (C=S) groups is 1. The summed E-state index contributed by atoms with van der Waals surface area (Å²) in [6.45, 7) is 0. The third-order valence-corrected chi connectivity index (χ3v) is 3.61. The van der Waals surface area contributed by atoms with Gasteiger partial charge in [0, 0.05) is 16.8 Å². The normalized spacial score (nSPS) is 16.2. The monoisotopic (exact) mass is 322 g/mol. The molecule has 0 amide bonds. The van der Waals surface area contributed by atoms with E-state index in [1.54, 1.807) is 0 Å². The van der Waals surface area contributed by atoms with Crippen LogP contribution in [0.2, 0.25) is 5.02 Å². The van der Waals surface area contributed by atoms with E-state index in [0.29, 0.717) is 11.2 Å². The predicted molar refractivity (Wildman–Crippen MR) is 78.1 cm³/mol. The summed E-state index contributed by atoms with van der Waals surface area (Å²) in [6.07, 6.45) is -0.0660. The van der Waals surface area contributed by atoms with Gasteiger partial charge in [-0.2, -0.15) is 13.2 Å². The van der Waals surface area contributed by atoms with Crippen molar-refractivity contribution in [2.75, 3.05) is 5.32 Å². The summed E-state index contributed by atoms with van der Waals surface area (Å²) in [4.78, 5) is 0. The summed E-state index contributed by atoms with van der Waals surface area (Å²) in [6, 6.07) is 3.60. The molecule has 2 N–H and O–H groups in total. The number of alkyl halides is 3. The van der Waals surface area contributed by atoms with E-state index in [0.717, 1.165) is 37.8 Å². The van der Waals surface area contributed by atoms with Crippen LogP contribution in [-0.2, 0) is 6.18 Å². The highest BCUT2D eigenvalue weighted by Gasteiger charge is 2.31. The molecule has 0 aliphatic heterocycles. The molecular weight excluding hydrogens is 309 g/mol. The van der Waals surface area contributed by atoms with Crippen molar-refractivity contribution in [2.45, 2.75) is 37.9 Å². The van der Waals surface area contributed by atoms with E-state index >= 15 is 0 Å². The maximum absolute atomic E-state index is 12.7. The lowest BCUT2D eigenvalue weighted by molar-refractivity contribution is -0.137. The molecule has 1 aromatic rings. The number of benzene rings is 1. The molecule has 0 heterocycles. The first kappa shape index (κ1) is 15.4. The third kappa shape index (κ3) is 4.24. The fraction of sp³-hybridized carbons (Fsp3) is 0.462. The van der Waals surface area contributed by atoms with Crippen molar-refractivity contribution in [2.24, 2.45) is 0 Å². The highest BCUT2D eigenvalue weighted by Crippen LogP contribution is 2.33. The number of rotatable bonds is 2. The third-order valence-electron chi connectivity index (χ3n) is 3.17. The Kier molecular flexibility index (Phi) is 4.75. The molecule has 0 bridgehead atoms. The van der Waals surface area contributed by atoms with Gasteiger partial charge in [-0.15, -0.1) is 0 Å². The first-order chi connectivity index (χ1) is 9.34. The predicted octanol–water partition coefficient (Wildman–Crippen LogP) is 4.59. The van der Waals surface area contributed by atoms with Crippen molar-refractivity contribution in [3.8, 4) is 0 Å². The second kappa shape index (κ2) is 6.18. The van der Waals surface area contributed by atoms with Crippen LogP contribution in [0.5, 0.6) is 0 Å². The Hall–Kier alpha value is -1.01. The number of hydrogen-bond donors (Lipinski definition) is 2. The Labute approximate surface area is 125 Å². The topological polar surface area (TPSA) is 24.1 Å². The van der Waals surface area contributed by atoms with Gasteiger partial charge in [-0.05, 0) is 43.3 Å². The van der Waals surface area contributed by atoms with Crippen molar-refractivity contribution in [1.82, 2.24) is 5.32 Å². The molecule has 0 unspecified atom stereocenters. The van der Waals surface area contributed by atoms with Crippen molar-refractivity contribution in [3.63, 3.8) is 0 Å². The molecule has 1 saturated carbocycles. The van der Waals surface area contributed by atoms with E-state index in [1.165, 1.54) is 6.07 Å². The summed E-state index contributed by atoms with van der Waals surface area (Å²) in [5.41, 5.74) is -0.559. The van der Waals surface area contributed by atoms with E-state index in [9.17, 15) is 13.2 Å². The Bertz CT molecular complexity index is 499. The smallest absolute Gasteiger partial charge is 0.360 e. The van der Waals surface area contributed by atoms with E-state index < -0.39 is 11.7 Å². The molecule has 7 heteroatoms. The van der Waals surface area contributed by atoms with E-state index in [1.807, 2.05) is 0 Å². The van der Waals surface area contributed by atoms with Gasteiger partial charge in [-0.3, -0.25) is 0 Å². The second-order valence-corrected chi connectivity index (χ2v) is 5.65. The Morgan fingerprint density at radius 2 is 1.85 bits per heavy atom. The number of nitrogens with one attached hydrogen (secondary N) is 2. The molecule has 0 atom stereocenters. The summed E-state index contributed by atoms with van der Waals surface area (Å²) in [5.74, 6) is 0. The van der Waals surface area contributed by atoms with E-state index in [4.69, 9.17) is 23.8 Å². The molecule has 2 nitrogen and oxygen atoms in total. The zero-order valence-electron chi connectivity index (χ0n) is 10.6. The minimum atomic E-state index is -4.43. The van der Waals surface area contributed by atoms with E-state index in [-0.39, 0.29) is 10.7 Å². The highest BCUT2D eigenvalue weighted by atomic mass is 35.5. The molecule has 0 saturated heterocycles. The van der Waals surface area contributed by atoms with Crippen LogP contribution < -0.4 is 10.6 Å². The van der Waals surface area contributed by atoms with Gasteiger partial charge >= 0.3 is 6.18 Å². The van der Waals surface area contributed by atoms with Gasteiger partial charge in [0.25, 0.3) is 0 Å². The first-order valence-corrected chi connectivity index (χ1v) is 7.08. The van der Waals surface area contributed by atoms with Gasteiger partial charge in [0.2, 0.25) is 0 Å². The Morgan fingerprint density at radius 1 is 1.20 bits per heavy atom. The van der Waals surface area contributed by atoms with Gasteiger partial charge in [0.15, 0.2) is 5.11 Å². The summed E-state index contributed by atoms with van der Waals surface area (Å²) >= 11 is 10.8. The largest absolute Gasteiger partial charge is 0.416 e. The number of anilines is 1. The van der Waals surface area contributed by atoms with Gasteiger partial charge in [0.05, 0.1) is 5.56 Å². The Morgan fingerprint density at radius 3 is 2.45 bits per heavy atom. The average Bonchev–Trinajstić information content (AvgIpc) is 2.79. The summed E-state index contributed by atoms with van der Waals surface area (Å²) in [7, 11) is 0. The van der Waals surface area contributed by atoms with Crippen molar-refractivity contribution in [3.05, 3.63) is 28.8 Å². The molecule has 0 spiro atoms. The van der Waals surface area contributed by atoms with Crippen LogP contribution in [0, 0.1) is 0 Å². The fourth-order valence-corrected chi connectivity index (χ4v) is 2.77. The van der Waals surface area contributed by atoms with Gasteiger partial charge in [0.1, 0.15) is 0 Å². The molecule has 0 aromatic heterocycles. The van der Waals surface area contributed by atoms with Crippen LogP contribution in [0.1, 0.15) is 31.2 Å². The standard InChI is InChI=1S/C13H14ClF3N2S/c14-9-5-8(13(15,16)17)6-11(7-9)19-12(20)18-10-3-1-2-4-10/h5-7,10H,1-4H2,(H2,18,19,20). The van der Waals surface area contributed by atoms with Gasteiger partial charge < -0.3 is 10.6 Å². The maximum atomic E-state index is 12.7. The molecule has 0 radical (unpaired) electrons. The molecule has 2 rings (SSSR count). The molecule has 20 heavy (non-hydrogen) atoms. The number of halogens is 4. The quantitative estimate of drug-likeness (QED) is 0.779. The van der Waals surface area contributed by atoms with E-state index in [2.05, 4.69) is 10.6 Å². The lowest BCUT2D eigenvalue weighted by Crippen LogP contribution is -2.35. The minimum Gasteiger partial charge on any atom is -0.360 e. The van der Waals surface area contributed by atoms with Crippen LogP contribution in [0.15, 0.2) is 18.2 Å². The second-order valence-electron chi connectivity index (χ2n) is 4.81. The Balaban J connectivity index is 2.04. The maximum Gasteiger partial charge on any atom is 0.416 e. The molecule has 1 fully saturated rings. The SMILES string of the molecule is FC(F)(F)c1cc(Cl)cc(NC(=S)NC2CCCC2)c1. The molecular formula is C13H14ClF3N2S. The lowest BCUT2D eigenvalue weighted by atomic mass is 10.2. The molecule has 1 aromatic carbocycles. The molecule has 1 aliphatic rings. The first-order valence-electron chi connectivity index (χ1n) is 6.30. The van der Waals surface area contributed by atoms with Crippen LogP contribution in [-0.4, -0.2) is 11.2 Å². The van der Waals surface area contributed by atoms with Crippen LogP contribution in [0.4, 0.5) is 18.9 Å². The fourth-order valence-electron chi connectivity index (χ4n) is 2.25. The number of hydrogen-bond acceptors (Lipinski definition) is 1. The van der Waals surface area contributed by atoms with Crippen LogP contribution in [0.25, 0.3) is 0 Å². The van der Waals surface area contributed by atoms with Crippen molar-refractivity contribution >= 4 is 34.6 Å². The van der Waals surface area contributed by atoms with Crippen LogP contribution >= 0.6 is 23.8 Å². The minimum absolute atomic E-state index is 0.0194. The summed E-state index contributed by atoms with van der Waals surface area (Å²) < 4.78 is 38.0. The van der Waals surface area contributed by atoms with Crippen molar-refractivity contribution in [1.29, 1.82) is 0 Å². The molecule has 1 aliphatic carbocycles.